The van der Waals surface area contributed by atoms with Gasteiger partial charge in [0.15, 0.2) is 0 Å². The molecule has 0 bridgehead atoms. The molecule has 2 aromatic rings. The molecule has 0 amide bonds. The fourth-order valence-electron chi connectivity index (χ4n) is 1.26. The molecule has 0 aliphatic rings. The second-order valence-corrected chi connectivity index (χ2v) is 3.09. The van der Waals surface area contributed by atoms with E-state index in [2.05, 4.69) is 9.68 Å². The van der Waals surface area contributed by atoms with Crippen molar-refractivity contribution >= 4 is 10.9 Å². The van der Waals surface area contributed by atoms with Crippen LogP contribution < -0.4 is 11.4 Å². The standard InChI is InChI=1S/C9H10N2O2/c1-5(10)6-2-3-8-7(4-6)9(12)13-11-8/h2-5,11H,10H2,1H3. The number of H-pyrrole nitrogens is 1. The van der Waals surface area contributed by atoms with Crippen LogP contribution in [0.25, 0.3) is 10.9 Å². The summed E-state index contributed by atoms with van der Waals surface area (Å²) in [6.45, 7) is 1.87. The maximum absolute atomic E-state index is 11.1. The van der Waals surface area contributed by atoms with Gasteiger partial charge in [-0.3, -0.25) is 0 Å². The van der Waals surface area contributed by atoms with Crippen molar-refractivity contribution in [2.75, 3.05) is 0 Å². The summed E-state index contributed by atoms with van der Waals surface area (Å²) in [6.07, 6.45) is 0. The van der Waals surface area contributed by atoms with Crippen LogP contribution in [-0.2, 0) is 0 Å². The van der Waals surface area contributed by atoms with Gasteiger partial charge in [-0.15, -0.1) is 0 Å². The van der Waals surface area contributed by atoms with E-state index in [4.69, 9.17) is 5.73 Å². The predicted molar refractivity (Wildman–Crippen MR) is 49.4 cm³/mol. The van der Waals surface area contributed by atoms with Crippen molar-refractivity contribution in [3.8, 4) is 0 Å². The Labute approximate surface area is 74.3 Å². The van der Waals surface area contributed by atoms with Crippen LogP contribution in [0, 0.1) is 0 Å². The van der Waals surface area contributed by atoms with Crippen LogP contribution in [0.5, 0.6) is 0 Å². The molecule has 0 fully saturated rings. The van der Waals surface area contributed by atoms with Gasteiger partial charge in [0.05, 0.1) is 10.9 Å². The molecule has 1 atom stereocenters. The molecule has 1 aromatic heterocycles. The Kier molecular flexibility index (Phi) is 1.70. The van der Waals surface area contributed by atoms with E-state index in [9.17, 15) is 4.79 Å². The molecule has 0 radical (unpaired) electrons. The van der Waals surface area contributed by atoms with Crippen molar-refractivity contribution in [2.24, 2.45) is 5.73 Å². The van der Waals surface area contributed by atoms with Crippen LogP contribution in [0.2, 0.25) is 0 Å². The average molecular weight is 178 g/mol. The number of nitrogens with two attached hydrogens (primary N) is 1. The van der Waals surface area contributed by atoms with Crippen molar-refractivity contribution in [1.82, 2.24) is 5.16 Å². The van der Waals surface area contributed by atoms with E-state index in [0.717, 1.165) is 5.56 Å². The molecule has 3 N–H and O–H groups in total. The maximum atomic E-state index is 11.1. The Bertz CT molecular complexity index is 482. The van der Waals surface area contributed by atoms with Gasteiger partial charge in [0.1, 0.15) is 0 Å². The topological polar surface area (TPSA) is 72.0 Å². The monoisotopic (exact) mass is 178 g/mol. The summed E-state index contributed by atoms with van der Waals surface area (Å²) in [5, 5.41) is 3.08. The van der Waals surface area contributed by atoms with Crippen molar-refractivity contribution in [1.29, 1.82) is 0 Å². The Balaban J connectivity index is 2.73. The molecular weight excluding hydrogens is 168 g/mol. The summed E-state index contributed by atoms with van der Waals surface area (Å²) in [5.74, 6) is 0. The van der Waals surface area contributed by atoms with Gasteiger partial charge in [-0.2, -0.15) is 0 Å². The van der Waals surface area contributed by atoms with Crippen molar-refractivity contribution in [3.63, 3.8) is 0 Å². The lowest BCUT2D eigenvalue weighted by atomic mass is 10.1. The summed E-state index contributed by atoms with van der Waals surface area (Å²) in [5.41, 5.74) is 6.96. The summed E-state index contributed by atoms with van der Waals surface area (Å²) >= 11 is 0. The minimum Gasteiger partial charge on any atom is -0.338 e. The predicted octanol–water partition coefficient (Wildman–Crippen LogP) is 1.14. The van der Waals surface area contributed by atoms with Crippen LogP contribution in [0.1, 0.15) is 18.5 Å². The van der Waals surface area contributed by atoms with Gasteiger partial charge in [0.2, 0.25) is 0 Å². The molecule has 0 spiro atoms. The maximum Gasteiger partial charge on any atom is 0.365 e. The SMILES string of the molecule is CC(N)c1ccc2[nH]oc(=O)c2c1. The van der Waals surface area contributed by atoms with Gasteiger partial charge in [-0.05, 0) is 24.6 Å². The van der Waals surface area contributed by atoms with Crippen molar-refractivity contribution in [3.05, 3.63) is 34.2 Å². The minimum absolute atomic E-state index is 0.0706. The fraction of sp³-hybridized carbons (Fsp3) is 0.222. The second kappa shape index (κ2) is 2.74. The van der Waals surface area contributed by atoms with Crippen LogP contribution in [0.4, 0.5) is 0 Å². The van der Waals surface area contributed by atoms with Gasteiger partial charge in [-0.1, -0.05) is 6.07 Å². The van der Waals surface area contributed by atoms with E-state index in [0.29, 0.717) is 10.9 Å². The first-order valence-electron chi connectivity index (χ1n) is 4.05. The van der Waals surface area contributed by atoms with Crippen LogP contribution in [-0.4, -0.2) is 5.16 Å². The highest BCUT2D eigenvalue weighted by atomic mass is 16.5. The first-order valence-corrected chi connectivity index (χ1v) is 4.05. The molecule has 0 aliphatic heterocycles. The third-order valence-corrected chi connectivity index (χ3v) is 2.04. The van der Waals surface area contributed by atoms with E-state index in [1.807, 2.05) is 13.0 Å². The molecule has 0 aliphatic carbocycles. The van der Waals surface area contributed by atoms with E-state index < -0.39 is 0 Å². The quantitative estimate of drug-likeness (QED) is 0.687. The largest absolute Gasteiger partial charge is 0.365 e. The first kappa shape index (κ1) is 8.07. The Morgan fingerprint density at radius 2 is 2.31 bits per heavy atom. The molecule has 0 saturated carbocycles. The molecule has 4 heteroatoms. The number of benzene rings is 1. The molecule has 4 nitrogen and oxygen atoms in total. The number of rotatable bonds is 1. The van der Waals surface area contributed by atoms with Crippen LogP contribution in [0.3, 0.4) is 0 Å². The summed E-state index contributed by atoms with van der Waals surface area (Å²) in [7, 11) is 0. The summed E-state index contributed by atoms with van der Waals surface area (Å²) in [6, 6.07) is 5.35. The fourth-order valence-corrected chi connectivity index (χ4v) is 1.26. The lowest BCUT2D eigenvalue weighted by Gasteiger charge is -2.03. The lowest BCUT2D eigenvalue weighted by Crippen LogP contribution is -2.05. The third kappa shape index (κ3) is 1.25. The Hall–Kier alpha value is -1.55. The third-order valence-electron chi connectivity index (χ3n) is 2.04. The van der Waals surface area contributed by atoms with Gasteiger partial charge in [0, 0.05) is 6.04 Å². The molecule has 1 aromatic carbocycles. The Morgan fingerprint density at radius 1 is 1.54 bits per heavy atom. The zero-order valence-corrected chi connectivity index (χ0v) is 7.20. The number of hydrogen-bond donors (Lipinski definition) is 2. The van der Waals surface area contributed by atoms with Crippen LogP contribution >= 0.6 is 0 Å². The molecule has 1 unspecified atom stereocenters. The minimum atomic E-state index is -0.350. The van der Waals surface area contributed by atoms with Crippen molar-refractivity contribution < 1.29 is 4.52 Å². The van der Waals surface area contributed by atoms with Gasteiger partial charge >= 0.3 is 5.63 Å². The van der Waals surface area contributed by atoms with Crippen molar-refractivity contribution in [2.45, 2.75) is 13.0 Å². The van der Waals surface area contributed by atoms with Crippen LogP contribution in [0.15, 0.2) is 27.5 Å². The van der Waals surface area contributed by atoms with E-state index in [1.165, 1.54) is 0 Å². The number of hydrogen-bond acceptors (Lipinski definition) is 3. The number of aromatic nitrogens is 1. The molecule has 2 rings (SSSR count). The summed E-state index contributed by atoms with van der Waals surface area (Å²) < 4.78 is 4.63. The number of aromatic amines is 1. The number of nitrogens with one attached hydrogen (secondary N) is 1. The highest BCUT2D eigenvalue weighted by Gasteiger charge is 2.05. The Morgan fingerprint density at radius 3 is 3.00 bits per heavy atom. The van der Waals surface area contributed by atoms with Gasteiger partial charge in [0.25, 0.3) is 0 Å². The molecule has 13 heavy (non-hydrogen) atoms. The average Bonchev–Trinajstić information content (AvgIpc) is 2.47. The normalized spacial score (nSPS) is 13.4. The molecule has 68 valence electrons. The van der Waals surface area contributed by atoms with E-state index >= 15 is 0 Å². The summed E-state index contributed by atoms with van der Waals surface area (Å²) in [4.78, 5) is 11.1. The van der Waals surface area contributed by atoms with Gasteiger partial charge < -0.3 is 10.3 Å². The van der Waals surface area contributed by atoms with Gasteiger partial charge in [-0.25, -0.2) is 9.95 Å². The number of fused-ring (bicyclic) bond motifs is 1. The second-order valence-electron chi connectivity index (χ2n) is 3.09. The zero-order chi connectivity index (χ0) is 9.42. The molecule has 0 saturated heterocycles. The first-order chi connectivity index (χ1) is 6.18. The molecular formula is C9H10N2O2. The molecule has 1 heterocycles. The highest BCUT2D eigenvalue weighted by molar-refractivity contribution is 5.77. The van der Waals surface area contributed by atoms with E-state index in [-0.39, 0.29) is 11.7 Å². The lowest BCUT2D eigenvalue weighted by molar-refractivity contribution is 0.400. The van der Waals surface area contributed by atoms with E-state index in [1.54, 1.807) is 12.1 Å². The smallest absolute Gasteiger partial charge is 0.338 e. The zero-order valence-electron chi connectivity index (χ0n) is 7.20. The highest BCUT2D eigenvalue weighted by Crippen LogP contribution is 2.14.